The molecule has 0 aliphatic carbocycles. The normalized spacial score (nSPS) is 21.0. The van der Waals surface area contributed by atoms with Crippen molar-refractivity contribution in [3.8, 4) is 0 Å². The molecule has 25 heavy (non-hydrogen) atoms. The molecule has 0 saturated carbocycles. The number of urea groups is 1. The summed E-state index contributed by atoms with van der Waals surface area (Å²) in [5, 5.41) is 3.04. The number of carbonyl (C=O) groups is 2. The monoisotopic (exact) mass is 347 g/mol. The zero-order chi connectivity index (χ0) is 17.6. The minimum atomic E-state index is 0.0233. The number of hydrogen-bond acceptors (Lipinski definition) is 3. The lowest BCUT2D eigenvalue weighted by Gasteiger charge is -2.36. The van der Waals surface area contributed by atoms with Gasteiger partial charge in [-0.1, -0.05) is 0 Å². The molecule has 1 atom stereocenters. The number of imidazole rings is 1. The molecule has 0 bridgehead atoms. The highest BCUT2D eigenvalue weighted by Gasteiger charge is 2.28. The van der Waals surface area contributed by atoms with Crippen LogP contribution in [0.25, 0.3) is 0 Å². The summed E-state index contributed by atoms with van der Waals surface area (Å²) < 4.78 is 2.03. The van der Waals surface area contributed by atoms with Crippen LogP contribution < -0.4 is 5.32 Å². The van der Waals surface area contributed by atoms with Gasteiger partial charge in [-0.25, -0.2) is 9.78 Å². The third-order valence-electron chi connectivity index (χ3n) is 5.34. The molecule has 7 nitrogen and oxygen atoms in total. The molecule has 2 saturated heterocycles. The Kier molecular flexibility index (Phi) is 5.94. The maximum atomic E-state index is 12.6. The van der Waals surface area contributed by atoms with Gasteiger partial charge in [0, 0.05) is 57.6 Å². The van der Waals surface area contributed by atoms with Gasteiger partial charge in [0.05, 0.1) is 0 Å². The Labute approximate surface area is 149 Å². The van der Waals surface area contributed by atoms with Crippen LogP contribution in [0.15, 0.2) is 12.4 Å². The Morgan fingerprint density at radius 2 is 2.16 bits per heavy atom. The Morgan fingerprint density at radius 3 is 2.88 bits per heavy atom. The van der Waals surface area contributed by atoms with Crippen LogP contribution in [0, 0.1) is 6.92 Å². The predicted molar refractivity (Wildman–Crippen MR) is 95.1 cm³/mol. The quantitative estimate of drug-likeness (QED) is 0.852. The number of hydrogen-bond donors (Lipinski definition) is 1. The summed E-state index contributed by atoms with van der Waals surface area (Å²) in [7, 11) is 0. The summed E-state index contributed by atoms with van der Waals surface area (Å²) >= 11 is 0. The lowest BCUT2D eigenvalue weighted by Crippen LogP contribution is -2.50. The third kappa shape index (κ3) is 4.52. The lowest BCUT2D eigenvalue weighted by atomic mass is 9.99. The number of nitrogens with one attached hydrogen (secondary N) is 1. The Hall–Kier alpha value is -2.05. The molecule has 1 aromatic heterocycles. The summed E-state index contributed by atoms with van der Waals surface area (Å²) in [5.41, 5.74) is 0. The predicted octanol–water partition coefficient (Wildman–Crippen LogP) is 1.77. The fourth-order valence-corrected chi connectivity index (χ4v) is 3.84. The van der Waals surface area contributed by atoms with E-state index in [1.807, 2.05) is 27.5 Å². The van der Waals surface area contributed by atoms with Crippen LogP contribution in [0.4, 0.5) is 4.79 Å². The van der Waals surface area contributed by atoms with E-state index in [1.54, 1.807) is 6.20 Å². The van der Waals surface area contributed by atoms with E-state index in [0.717, 1.165) is 64.1 Å². The minimum absolute atomic E-state index is 0.0233. The van der Waals surface area contributed by atoms with Crippen molar-refractivity contribution < 1.29 is 9.59 Å². The molecule has 2 fully saturated rings. The molecule has 0 spiro atoms. The molecule has 3 heterocycles. The molecule has 7 heteroatoms. The van der Waals surface area contributed by atoms with E-state index in [4.69, 9.17) is 0 Å². The van der Waals surface area contributed by atoms with Crippen molar-refractivity contribution in [3.05, 3.63) is 18.2 Å². The summed E-state index contributed by atoms with van der Waals surface area (Å²) in [6.07, 6.45) is 9.51. The Bertz CT molecular complexity index is 600. The van der Waals surface area contributed by atoms with Gasteiger partial charge in [-0.3, -0.25) is 4.79 Å². The van der Waals surface area contributed by atoms with E-state index in [1.165, 1.54) is 0 Å². The molecule has 1 N–H and O–H groups in total. The van der Waals surface area contributed by atoms with Crippen LogP contribution in [-0.4, -0.2) is 63.5 Å². The number of nitrogens with zero attached hydrogens (tertiary/aromatic N) is 4. The number of piperidine rings is 1. The van der Waals surface area contributed by atoms with E-state index < -0.39 is 0 Å². The second kappa shape index (κ2) is 8.36. The van der Waals surface area contributed by atoms with Gasteiger partial charge < -0.3 is 19.7 Å². The van der Waals surface area contributed by atoms with Gasteiger partial charge >= 0.3 is 6.03 Å². The van der Waals surface area contributed by atoms with Crippen molar-refractivity contribution in [3.63, 3.8) is 0 Å². The Balaban J connectivity index is 1.46. The van der Waals surface area contributed by atoms with Gasteiger partial charge in [-0.15, -0.1) is 0 Å². The number of aryl methyl sites for hydroxylation is 1. The zero-order valence-electron chi connectivity index (χ0n) is 15.1. The van der Waals surface area contributed by atoms with Gasteiger partial charge in [-0.05, 0) is 39.0 Å². The maximum absolute atomic E-state index is 12.6. The lowest BCUT2D eigenvalue weighted by molar-refractivity contribution is -0.127. The van der Waals surface area contributed by atoms with Gasteiger partial charge in [0.25, 0.3) is 0 Å². The maximum Gasteiger partial charge on any atom is 0.317 e. The fraction of sp³-hybridized carbons (Fsp3) is 0.722. The van der Waals surface area contributed by atoms with E-state index in [0.29, 0.717) is 13.0 Å². The average molecular weight is 347 g/mol. The molecule has 2 aliphatic rings. The molecule has 3 rings (SSSR count). The van der Waals surface area contributed by atoms with Crippen molar-refractivity contribution in [1.82, 2.24) is 24.7 Å². The second-order valence-electron chi connectivity index (χ2n) is 7.02. The highest BCUT2D eigenvalue weighted by atomic mass is 16.2. The van der Waals surface area contributed by atoms with Gasteiger partial charge in [-0.2, -0.15) is 0 Å². The first-order valence-electron chi connectivity index (χ1n) is 9.45. The van der Waals surface area contributed by atoms with Gasteiger partial charge in [0.15, 0.2) is 0 Å². The van der Waals surface area contributed by atoms with Gasteiger partial charge in [0.1, 0.15) is 5.82 Å². The van der Waals surface area contributed by atoms with Crippen LogP contribution in [-0.2, 0) is 11.3 Å². The smallest absolute Gasteiger partial charge is 0.317 e. The summed E-state index contributed by atoms with van der Waals surface area (Å²) in [4.78, 5) is 32.5. The molecule has 138 valence electrons. The summed E-state index contributed by atoms with van der Waals surface area (Å²) in [6, 6.07) is 0.271. The van der Waals surface area contributed by atoms with E-state index in [2.05, 4.69) is 10.3 Å². The topological polar surface area (TPSA) is 70.5 Å². The molecule has 2 aliphatic heterocycles. The first-order chi connectivity index (χ1) is 12.1. The van der Waals surface area contributed by atoms with Crippen molar-refractivity contribution >= 4 is 11.9 Å². The van der Waals surface area contributed by atoms with Crippen molar-refractivity contribution in [2.75, 3.05) is 26.2 Å². The SMILES string of the molecule is Cc1nccn1CCNC(=O)N1CCCC[C@H]1CCN1CCCC1=O. The largest absolute Gasteiger partial charge is 0.343 e. The molecule has 0 radical (unpaired) electrons. The van der Waals surface area contributed by atoms with Crippen LogP contribution in [0.2, 0.25) is 0 Å². The summed E-state index contributed by atoms with van der Waals surface area (Å²) in [6.45, 7) is 5.77. The van der Waals surface area contributed by atoms with Crippen LogP contribution >= 0.6 is 0 Å². The molecule has 0 unspecified atom stereocenters. The number of carbonyl (C=O) groups excluding carboxylic acids is 2. The number of amides is 3. The first-order valence-corrected chi connectivity index (χ1v) is 9.45. The van der Waals surface area contributed by atoms with Crippen molar-refractivity contribution in [1.29, 1.82) is 0 Å². The number of rotatable bonds is 6. The van der Waals surface area contributed by atoms with Crippen LogP contribution in [0.1, 0.15) is 44.3 Å². The third-order valence-corrected chi connectivity index (χ3v) is 5.34. The number of likely N-dealkylation sites (tertiary alicyclic amines) is 2. The zero-order valence-corrected chi connectivity index (χ0v) is 15.1. The van der Waals surface area contributed by atoms with Gasteiger partial charge in [0.2, 0.25) is 5.91 Å². The molecular formula is C18H29N5O2. The highest BCUT2D eigenvalue weighted by Crippen LogP contribution is 2.21. The fourth-order valence-electron chi connectivity index (χ4n) is 3.84. The van der Waals surface area contributed by atoms with E-state index in [-0.39, 0.29) is 18.0 Å². The molecular weight excluding hydrogens is 318 g/mol. The highest BCUT2D eigenvalue weighted by molar-refractivity contribution is 5.78. The minimum Gasteiger partial charge on any atom is -0.343 e. The van der Waals surface area contributed by atoms with Crippen molar-refractivity contribution in [2.24, 2.45) is 0 Å². The van der Waals surface area contributed by atoms with Crippen LogP contribution in [0.3, 0.4) is 0 Å². The van der Waals surface area contributed by atoms with Crippen molar-refractivity contribution in [2.45, 2.75) is 58.0 Å². The first kappa shape index (κ1) is 17.8. The van der Waals surface area contributed by atoms with E-state index in [9.17, 15) is 9.59 Å². The van der Waals surface area contributed by atoms with E-state index >= 15 is 0 Å². The Morgan fingerprint density at radius 1 is 1.28 bits per heavy atom. The second-order valence-corrected chi connectivity index (χ2v) is 7.02. The average Bonchev–Trinajstić information content (AvgIpc) is 3.21. The molecule has 1 aromatic rings. The molecule has 3 amide bonds. The standard InChI is InChI=1S/C18H29N5O2/c1-15-19-8-13-21(15)14-9-20-18(25)23-11-3-2-5-16(23)7-12-22-10-4-6-17(22)24/h8,13,16H,2-7,9-12,14H2,1H3,(H,20,25)/t16-/m0/s1. The summed E-state index contributed by atoms with van der Waals surface area (Å²) in [5.74, 6) is 1.22. The number of aromatic nitrogens is 2. The molecule has 0 aromatic carbocycles. The van der Waals surface area contributed by atoms with Crippen LogP contribution in [0.5, 0.6) is 0 Å².